The summed E-state index contributed by atoms with van der Waals surface area (Å²) in [6, 6.07) is 17.6. The monoisotopic (exact) mass is 389 g/mol. The molecule has 6 heteroatoms. The lowest BCUT2D eigenvalue weighted by molar-refractivity contribution is 0.0589. The molecule has 0 aliphatic carbocycles. The molecule has 1 amide bonds. The van der Waals surface area contributed by atoms with Crippen molar-refractivity contribution in [3.63, 3.8) is 0 Å². The van der Waals surface area contributed by atoms with Gasteiger partial charge in [-0.05, 0) is 36.1 Å². The standard InChI is InChI=1S/C23H23N3O3/c1-25-21(23(28)29-2)19(15-24-25)17-10-6-11-18(14-17)22(27)26-13-7-12-20(26)16-8-4-3-5-9-16/h3-6,8-11,14-15,20H,7,12-13H2,1-2H3/t20-/m0/s1. The van der Waals surface area contributed by atoms with E-state index in [-0.39, 0.29) is 11.9 Å². The van der Waals surface area contributed by atoms with Crippen LogP contribution in [0.1, 0.15) is 45.3 Å². The number of aromatic nitrogens is 2. The molecule has 3 aromatic rings. The highest BCUT2D eigenvalue weighted by Crippen LogP contribution is 2.33. The molecule has 4 rings (SSSR count). The van der Waals surface area contributed by atoms with Gasteiger partial charge in [0.1, 0.15) is 0 Å². The Kier molecular flexibility index (Phi) is 5.16. The van der Waals surface area contributed by atoms with E-state index in [1.165, 1.54) is 11.8 Å². The van der Waals surface area contributed by atoms with Gasteiger partial charge < -0.3 is 9.64 Å². The molecule has 0 saturated carbocycles. The second-order valence-electron chi connectivity index (χ2n) is 7.17. The molecule has 0 radical (unpaired) electrons. The van der Waals surface area contributed by atoms with E-state index < -0.39 is 5.97 Å². The average molecular weight is 389 g/mol. The summed E-state index contributed by atoms with van der Waals surface area (Å²) in [4.78, 5) is 27.4. The predicted octanol–water partition coefficient (Wildman–Crippen LogP) is 3.85. The maximum atomic E-state index is 13.3. The van der Waals surface area contributed by atoms with Crippen molar-refractivity contribution in [2.24, 2.45) is 7.05 Å². The number of hydrogen-bond donors (Lipinski definition) is 0. The van der Waals surface area contributed by atoms with Crippen molar-refractivity contribution in [2.75, 3.05) is 13.7 Å². The van der Waals surface area contributed by atoms with Crippen LogP contribution < -0.4 is 0 Å². The van der Waals surface area contributed by atoms with Crippen molar-refractivity contribution in [3.8, 4) is 11.1 Å². The molecule has 1 saturated heterocycles. The number of aryl methyl sites for hydroxylation is 1. The lowest BCUT2D eigenvalue weighted by Gasteiger charge is -2.25. The number of rotatable bonds is 4. The first-order valence-corrected chi connectivity index (χ1v) is 9.67. The zero-order valence-electron chi connectivity index (χ0n) is 16.5. The molecule has 29 heavy (non-hydrogen) atoms. The number of esters is 1. The van der Waals surface area contributed by atoms with Crippen molar-refractivity contribution < 1.29 is 14.3 Å². The van der Waals surface area contributed by atoms with Crippen LogP contribution in [0.4, 0.5) is 0 Å². The number of ether oxygens (including phenoxy) is 1. The molecule has 1 atom stereocenters. The molecule has 1 aliphatic heterocycles. The first-order chi connectivity index (χ1) is 14.1. The summed E-state index contributed by atoms with van der Waals surface area (Å²) >= 11 is 0. The number of hydrogen-bond acceptors (Lipinski definition) is 4. The third-order valence-corrected chi connectivity index (χ3v) is 5.44. The van der Waals surface area contributed by atoms with Crippen LogP contribution in [0.5, 0.6) is 0 Å². The number of nitrogens with zero attached hydrogens (tertiary/aromatic N) is 3. The van der Waals surface area contributed by atoms with Crippen LogP contribution in [0.25, 0.3) is 11.1 Å². The Morgan fingerprint density at radius 3 is 2.66 bits per heavy atom. The van der Waals surface area contributed by atoms with E-state index in [2.05, 4.69) is 17.2 Å². The van der Waals surface area contributed by atoms with Gasteiger partial charge >= 0.3 is 5.97 Å². The second kappa shape index (κ2) is 7.91. The molecule has 1 fully saturated rings. The lowest BCUT2D eigenvalue weighted by Crippen LogP contribution is -2.30. The van der Waals surface area contributed by atoms with Crippen LogP contribution in [0.3, 0.4) is 0 Å². The van der Waals surface area contributed by atoms with E-state index in [4.69, 9.17) is 4.74 Å². The molecule has 1 aliphatic rings. The summed E-state index contributed by atoms with van der Waals surface area (Å²) in [5, 5.41) is 4.19. The van der Waals surface area contributed by atoms with E-state index in [9.17, 15) is 9.59 Å². The van der Waals surface area contributed by atoms with Gasteiger partial charge in [0.2, 0.25) is 0 Å². The largest absolute Gasteiger partial charge is 0.464 e. The van der Waals surface area contributed by atoms with Gasteiger partial charge in [0.25, 0.3) is 5.91 Å². The number of benzene rings is 2. The maximum Gasteiger partial charge on any atom is 0.356 e. The topological polar surface area (TPSA) is 64.4 Å². The first kappa shape index (κ1) is 18.9. The second-order valence-corrected chi connectivity index (χ2v) is 7.17. The summed E-state index contributed by atoms with van der Waals surface area (Å²) < 4.78 is 6.37. The van der Waals surface area contributed by atoms with E-state index >= 15 is 0 Å². The van der Waals surface area contributed by atoms with Crippen molar-refractivity contribution >= 4 is 11.9 Å². The summed E-state index contributed by atoms with van der Waals surface area (Å²) in [6.07, 6.45) is 3.57. The molecule has 148 valence electrons. The molecular formula is C23H23N3O3. The fourth-order valence-electron chi connectivity index (χ4n) is 4.00. The normalized spacial score (nSPS) is 16.1. The van der Waals surface area contributed by atoms with Gasteiger partial charge in [-0.15, -0.1) is 0 Å². The zero-order chi connectivity index (χ0) is 20.4. The zero-order valence-corrected chi connectivity index (χ0v) is 16.5. The number of methoxy groups -OCH3 is 1. The highest BCUT2D eigenvalue weighted by atomic mass is 16.5. The molecular weight excluding hydrogens is 366 g/mol. The number of carbonyl (C=O) groups excluding carboxylic acids is 2. The van der Waals surface area contributed by atoms with Gasteiger partial charge in [0, 0.05) is 24.7 Å². The SMILES string of the molecule is COC(=O)c1c(-c2cccc(C(=O)N3CCC[C@H]3c3ccccc3)c2)cnn1C. The van der Waals surface area contributed by atoms with Crippen molar-refractivity contribution in [3.05, 3.63) is 77.6 Å². The maximum absolute atomic E-state index is 13.3. The number of amides is 1. The molecule has 1 aromatic heterocycles. The molecule has 2 aromatic carbocycles. The Bertz CT molecular complexity index is 1040. The van der Waals surface area contributed by atoms with E-state index in [1.54, 1.807) is 13.2 Å². The van der Waals surface area contributed by atoms with E-state index in [0.717, 1.165) is 30.5 Å². The molecule has 0 spiro atoms. The van der Waals surface area contributed by atoms with E-state index in [1.807, 2.05) is 47.4 Å². The van der Waals surface area contributed by atoms with Crippen LogP contribution in [0.15, 0.2) is 60.8 Å². The average Bonchev–Trinajstić information content (AvgIpc) is 3.40. The first-order valence-electron chi connectivity index (χ1n) is 9.67. The van der Waals surface area contributed by atoms with Crippen molar-refractivity contribution in [2.45, 2.75) is 18.9 Å². The van der Waals surface area contributed by atoms with Crippen LogP contribution in [-0.4, -0.2) is 40.2 Å². The molecule has 0 N–H and O–H groups in total. The Balaban J connectivity index is 1.66. The molecule has 2 heterocycles. The highest BCUT2D eigenvalue weighted by molar-refractivity contribution is 5.98. The van der Waals surface area contributed by atoms with Crippen LogP contribution in [-0.2, 0) is 11.8 Å². The Hall–Kier alpha value is -3.41. The summed E-state index contributed by atoms with van der Waals surface area (Å²) in [6.45, 7) is 0.739. The van der Waals surface area contributed by atoms with Crippen molar-refractivity contribution in [1.29, 1.82) is 0 Å². The fraction of sp³-hybridized carbons (Fsp3) is 0.261. The predicted molar refractivity (Wildman–Crippen MR) is 109 cm³/mol. The summed E-state index contributed by atoms with van der Waals surface area (Å²) in [7, 11) is 3.04. The van der Waals surface area contributed by atoms with Gasteiger partial charge in [0.15, 0.2) is 5.69 Å². The quantitative estimate of drug-likeness (QED) is 0.636. The van der Waals surface area contributed by atoms with Crippen molar-refractivity contribution in [1.82, 2.24) is 14.7 Å². The Morgan fingerprint density at radius 1 is 1.10 bits per heavy atom. The van der Waals surface area contributed by atoms with Gasteiger partial charge in [-0.25, -0.2) is 4.79 Å². The third-order valence-electron chi connectivity index (χ3n) is 5.44. The minimum absolute atomic E-state index is 0.00158. The molecule has 6 nitrogen and oxygen atoms in total. The Labute approximate surface area is 169 Å². The van der Waals surface area contributed by atoms with Crippen LogP contribution in [0.2, 0.25) is 0 Å². The Morgan fingerprint density at radius 2 is 1.90 bits per heavy atom. The summed E-state index contributed by atoms with van der Waals surface area (Å²) in [5.74, 6) is -0.456. The lowest BCUT2D eigenvalue weighted by atomic mass is 10.0. The van der Waals surface area contributed by atoms with Gasteiger partial charge in [-0.2, -0.15) is 5.10 Å². The van der Waals surface area contributed by atoms with Crippen LogP contribution in [0, 0.1) is 0 Å². The van der Waals surface area contributed by atoms with Gasteiger partial charge in [0.05, 0.1) is 19.3 Å². The molecule has 0 bridgehead atoms. The summed E-state index contributed by atoms with van der Waals surface area (Å²) in [5.41, 5.74) is 3.54. The van der Waals surface area contributed by atoms with E-state index in [0.29, 0.717) is 16.8 Å². The minimum Gasteiger partial charge on any atom is -0.464 e. The van der Waals surface area contributed by atoms with Gasteiger partial charge in [-0.3, -0.25) is 9.48 Å². The number of carbonyl (C=O) groups is 2. The smallest absolute Gasteiger partial charge is 0.356 e. The minimum atomic E-state index is -0.458. The van der Waals surface area contributed by atoms with Crippen LogP contribution >= 0.6 is 0 Å². The highest BCUT2D eigenvalue weighted by Gasteiger charge is 2.30. The number of likely N-dealkylation sites (tertiary alicyclic amines) is 1. The third kappa shape index (κ3) is 3.53. The van der Waals surface area contributed by atoms with Gasteiger partial charge in [-0.1, -0.05) is 42.5 Å². The fourth-order valence-corrected chi connectivity index (χ4v) is 4.00. The molecule has 0 unspecified atom stereocenters.